The highest BCUT2D eigenvalue weighted by molar-refractivity contribution is 7.88. The number of nitrogens with one attached hydrogen (secondary N) is 1. The molecule has 0 spiro atoms. The van der Waals surface area contributed by atoms with Crippen molar-refractivity contribution in [1.29, 1.82) is 0 Å². The number of hydrogen-bond donors (Lipinski definition) is 1. The van der Waals surface area contributed by atoms with Crippen LogP contribution in [0.2, 0.25) is 0 Å². The first-order chi connectivity index (χ1) is 11.2. The Balaban J connectivity index is 1.90. The van der Waals surface area contributed by atoms with Crippen LogP contribution in [-0.4, -0.2) is 49.4 Å². The highest BCUT2D eigenvalue weighted by Crippen LogP contribution is 2.20. The molecule has 1 aliphatic rings. The highest BCUT2D eigenvalue weighted by Gasteiger charge is 2.25. The lowest BCUT2D eigenvalue weighted by Gasteiger charge is -2.30. The molecular formula is C15H21N3O5S. The van der Waals surface area contributed by atoms with Gasteiger partial charge in [-0.15, -0.1) is 0 Å². The van der Waals surface area contributed by atoms with Gasteiger partial charge in [-0.1, -0.05) is 6.07 Å². The molecule has 8 nitrogen and oxygen atoms in total. The number of nitrogens with zero attached hydrogens (tertiary/aromatic N) is 2. The third-order valence-electron chi connectivity index (χ3n) is 4.26. The molecule has 0 aromatic heterocycles. The van der Waals surface area contributed by atoms with Gasteiger partial charge in [-0.2, -0.15) is 0 Å². The van der Waals surface area contributed by atoms with Crippen LogP contribution in [0, 0.1) is 23.0 Å². The molecule has 1 amide bonds. The van der Waals surface area contributed by atoms with E-state index in [0.717, 1.165) is 0 Å². The van der Waals surface area contributed by atoms with Gasteiger partial charge in [-0.25, -0.2) is 12.7 Å². The molecule has 1 saturated heterocycles. The summed E-state index contributed by atoms with van der Waals surface area (Å²) < 4.78 is 24.4. The van der Waals surface area contributed by atoms with Gasteiger partial charge in [0, 0.05) is 36.8 Å². The minimum atomic E-state index is -3.16. The molecule has 0 unspecified atom stereocenters. The summed E-state index contributed by atoms with van der Waals surface area (Å²) in [6, 6.07) is 4.39. The van der Waals surface area contributed by atoms with Crippen molar-refractivity contribution >= 4 is 21.6 Å². The van der Waals surface area contributed by atoms with E-state index in [9.17, 15) is 23.3 Å². The monoisotopic (exact) mass is 355 g/mol. The number of amides is 1. The van der Waals surface area contributed by atoms with E-state index in [2.05, 4.69) is 5.32 Å². The van der Waals surface area contributed by atoms with Crippen molar-refractivity contribution in [3.63, 3.8) is 0 Å². The molecule has 9 heteroatoms. The Morgan fingerprint density at radius 3 is 2.54 bits per heavy atom. The van der Waals surface area contributed by atoms with Crippen LogP contribution < -0.4 is 5.32 Å². The number of benzene rings is 1. The first-order valence-corrected chi connectivity index (χ1v) is 9.51. The van der Waals surface area contributed by atoms with Gasteiger partial charge in [0.2, 0.25) is 10.0 Å². The Kier molecular flexibility index (Phi) is 5.55. The first-order valence-electron chi connectivity index (χ1n) is 7.67. The van der Waals surface area contributed by atoms with Gasteiger partial charge >= 0.3 is 0 Å². The Bertz CT molecular complexity index is 739. The molecule has 1 heterocycles. The Morgan fingerprint density at radius 1 is 1.38 bits per heavy atom. The quantitative estimate of drug-likeness (QED) is 0.632. The molecule has 1 fully saturated rings. The summed E-state index contributed by atoms with van der Waals surface area (Å²) in [7, 11) is -3.16. The van der Waals surface area contributed by atoms with Crippen molar-refractivity contribution in [2.45, 2.75) is 19.8 Å². The van der Waals surface area contributed by atoms with E-state index in [4.69, 9.17) is 0 Å². The van der Waals surface area contributed by atoms with Crippen LogP contribution in [0.15, 0.2) is 18.2 Å². The molecular weight excluding hydrogens is 334 g/mol. The maximum absolute atomic E-state index is 12.2. The summed E-state index contributed by atoms with van der Waals surface area (Å²) in [5.41, 5.74) is 0.676. The number of piperidine rings is 1. The topological polar surface area (TPSA) is 110 Å². The van der Waals surface area contributed by atoms with Crippen molar-refractivity contribution in [2.24, 2.45) is 5.92 Å². The average molecular weight is 355 g/mol. The molecule has 1 N–H and O–H groups in total. The Labute approximate surface area is 141 Å². The maximum atomic E-state index is 12.2. The molecule has 2 rings (SSSR count). The van der Waals surface area contributed by atoms with Gasteiger partial charge in [0.25, 0.3) is 11.6 Å². The van der Waals surface area contributed by atoms with Crippen LogP contribution in [-0.2, 0) is 10.0 Å². The van der Waals surface area contributed by atoms with Crippen molar-refractivity contribution < 1.29 is 18.1 Å². The van der Waals surface area contributed by atoms with E-state index in [1.807, 2.05) is 0 Å². The van der Waals surface area contributed by atoms with Gasteiger partial charge in [0.05, 0.1) is 11.2 Å². The predicted molar refractivity (Wildman–Crippen MR) is 89.3 cm³/mol. The fourth-order valence-electron chi connectivity index (χ4n) is 2.73. The minimum absolute atomic E-state index is 0.0795. The van der Waals surface area contributed by atoms with Gasteiger partial charge in [-0.3, -0.25) is 14.9 Å². The van der Waals surface area contributed by atoms with Crippen LogP contribution in [0.1, 0.15) is 28.8 Å². The highest BCUT2D eigenvalue weighted by atomic mass is 32.2. The molecule has 0 saturated carbocycles. The van der Waals surface area contributed by atoms with Crippen LogP contribution >= 0.6 is 0 Å². The summed E-state index contributed by atoms with van der Waals surface area (Å²) >= 11 is 0. The van der Waals surface area contributed by atoms with Crippen molar-refractivity contribution in [3.05, 3.63) is 39.4 Å². The van der Waals surface area contributed by atoms with Gasteiger partial charge in [-0.05, 0) is 31.7 Å². The third kappa shape index (κ3) is 4.51. The fraction of sp³-hybridized carbons (Fsp3) is 0.533. The fourth-order valence-corrected chi connectivity index (χ4v) is 3.61. The number of carbonyl (C=O) groups excluding carboxylic acids is 1. The second kappa shape index (κ2) is 7.27. The lowest BCUT2D eigenvalue weighted by atomic mass is 9.98. The Morgan fingerprint density at radius 2 is 2.00 bits per heavy atom. The van der Waals surface area contributed by atoms with Crippen LogP contribution in [0.3, 0.4) is 0 Å². The first kappa shape index (κ1) is 18.3. The van der Waals surface area contributed by atoms with E-state index in [1.165, 1.54) is 16.6 Å². The van der Waals surface area contributed by atoms with Crippen molar-refractivity contribution in [1.82, 2.24) is 9.62 Å². The number of hydrogen-bond acceptors (Lipinski definition) is 5. The minimum Gasteiger partial charge on any atom is -0.352 e. The molecule has 0 radical (unpaired) electrons. The number of rotatable bonds is 5. The molecule has 1 aliphatic heterocycles. The van der Waals surface area contributed by atoms with Crippen LogP contribution in [0.4, 0.5) is 5.69 Å². The molecule has 0 aliphatic carbocycles. The average Bonchev–Trinajstić information content (AvgIpc) is 2.52. The standard InChI is InChI=1S/C15H21N3O5S/c1-11-3-4-13(9-14(11)18(20)21)15(19)16-10-12-5-7-17(8-6-12)24(2,22)23/h3-4,9,12H,5-8,10H2,1-2H3,(H,16,19). The largest absolute Gasteiger partial charge is 0.352 e. The summed E-state index contributed by atoms with van der Waals surface area (Å²) in [5.74, 6) is -0.156. The lowest BCUT2D eigenvalue weighted by molar-refractivity contribution is -0.385. The van der Waals surface area contributed by atoms with E-state index in [-0.39, 0.29) is 23.1 Å². The van der Waals surface area contributed by atoms with Crippen molar-refractivity contribution in [3.8, 4) is 0 Å². The van der Waals surface area contributed by atoms with Crippen LogP contribution in [0.5, 0.6) is 0 Å². The molecule has 0 atom stereocenters. The summed E-state index contributed by atoms with van der Waals surface area (Å²) in [5, 5.41) is 13.7. The zero-order chi connectivity index (χ0) is 17.9. The van der Waals surface area contributed by atoms with Gasteiger partial charge in [0.1, 0.15) is 0 Å². The number of aryl methyl sites for hydroxylation is 1. The molecule has 24 heavy (non-hydrogen) atoms. The second-order valence-corrected chi connectivity index (χ2v) is 8.06. The van der Waals surface area contributed by atoms with E-state index in [0.29, 0.717) is 38.0 Å². The molecule has 132 valence electrons. The smallest absolute Gasteiger partial charge is 0.273 e. The molecule has 1 aromatic rings. The Hall–Kier alpha value is -2.00. The summed E-state index contributed by atoms with van der Waals surface area (Å²) in [6.07, 6.45) is 2.56. The van der Waals surface area contributed by atoms with Gasteiger partial charge in [0.15, 0.2) is 0 Å². The second-order valence-electron chi connectivity index (χ2n) is 6.07. The summed E-state index contributed by atoms with van der Waals surface area (Å²) in [6.45, 7) is 2.96. The number of nitro benzene ring substituents is 1. The zero-order valence-electron chi connectivity index (χ0n) is 13.7. The SMILES string of the molecule is Cc1ccc(C(=O)NCC2CCN(S(C)(=O)=O)CC2)cc1[N+](=O)[O-]. The zero-order valence-corrected chi connectivity index (χ0v) is 14.5. The number of sulfonamides is 1. The maximum Gasteiger partial charge on any atom is 0.273 e. The van der Waals surface area contributed by atoms with E-state index >= 15 is 0 Å². The molecule has 0 bridgehead atoms. The summed E-state index contributed by atoms with van der Waals surface area (Å²) in [4.78, 5) is 22.6. The molecule has 1 aromatic carbocycles. The normalized spacial score (nSPS) is 16.8. The van der Waals surface area contributed by atoms with Gasteiger partial charge < -0.3 is 5.32 Å². The lowest BCUT2D eigenvalue weighted by Crippen LogP contribution is -2.41. The third-order valence-corrected chi connectivity index (χ3v) is 5.57. The predicted octanol–water partition coefficient (Wildman–Crippen LogP) is 1.30. The van der Waals surface area contributed by atoms with Crippen molar-refractivity contribution in [2.75, 3.05) is 25.9 Å². The van der Waals surface area contributed by atoms with E-state index in [1.54, 1.807) is 19.1 Å². The number of carbonyl (C=O) groups is 1. The number of nitro groups is 1. The van der Waals surface area contributed by atoms with E-state index < -0.39 is 14.9 Å². The van der Waals surface area contributed by atoms with Crippen LogP contribution in [0.25, 0.3) is 0 Å².